The summed E-state index contributed by atoms with van der Waals surface area (Å²) in [6.45, 7) is 4.39. The van der Waals surface area contributed by atoms with Crippen LogP contribution in [0, 0.1) is 5.41 Å². The summed E-state index contributed by atoms with van der Waals surface area (Å²) in [6, 6.07) is 9.38. The third kappa shape index (κ3) is 3.83. The predicted molar refractivity (Wildman–Crippen MR) is 76.2 cm³/mol. The second kappa shape index (κ2) is 6.07. The number of carbonyl (C=O) groups is 2. The van der Waals surface area contributed by atoms with Crippen LogP contribution in [0.2, 0.25) is 0 Å². The van der Waals surface area contributed by atoms with Gasteiger partial charge in [0.25, 0.3) is 0 Å². The summed E-state index contributed by atoms with van der Waals surface area (Å²) in [5, 5.41) is 2.83. The van der Waals surface area contributed by atoms with Crippen LogP contribution in [0.3, 0.4) is 0 Å². The fourth-order valence-electron chi connectivity index (χ4n) is 2.40. The Morgan fingerprint density at radius 3 is 2.75 bits per heavy atom. The predicted octanol–water partition coefficient (Wildman–Crippen LogP) is 3.06. The lowest BCUT2D eigenvalue weighted by Gasteiger charge is -2.37. The first-order chi connectivity index (χ1) is 9.47. The number of nitrogens with one attached hydrogen (secondary N) is 1. The maximum atomic E-state index is 11.8. The van der Waals surface area contributed by atoms with Crippen LogP contribution < -0.4 is 5.32 Å². The Labute approximate surface area is 119 Å². The summed E-state index contributed by atoms with van der Waals surface area (Å²) in [7, 11) is 0. The molecular formula is C16H21NO3. The molecule has 1 atom stereocenters. The van der Waals surface area contributed by atoms with Crippen molar-refractivity contribution in [2.45, 2.75) is 45.8 Å². The van der Waals surface area contributed by atoms with Gasteiger partial charge in [0.2, 0.25) is 0 Å². The number of hydrogen-bond acceptors (Lipinski definition) is 3. The van der Waals surface area contributed by atoms with E-state index in [1.54, 1.807) is 0 Å². The Bertz CT molecular complexity index is 482. The zero-order valence-electron chi connectivity index (χ0n) is 12.0. The van der Waals surface area contributed by atoms with Crippen LogP contribution in [0.4, 0.5) is 4.79 Å². The highest BCUT2D eigenvalue weighted by Gasteiger charge is 2.36. The molecule has 1 unspecified atom stereocenters. The first-order valence-electron chi connectivity index (χ1n) is 6.96. The average Bonchev–Trinajstić information content (AvgIpc) is 2.42. The van der Waals surface area contributed by atoms with Crippen LogP contribution >= 0.6 is 0 Å². The lowest BCUT2D eigenvalue weighted by Crippen LogP contribution is -2.49. The summed E-state index contributed by atoms with van der Waals surface area (Å²) < 4.78 is 5.20. The standard InChI is InChI=1S/C16H21NO3/c1-16(2)9-8-13(18)10-14(16)17-15(19)20-11-12-6-4-3-5-7-12/h3-7,14H,8-11H2,1-2H3,(H,17,19). The minimum atomic E-state index is -0.457. The van der Waals surface area contributed by atoms with Crippen LogP contribution in [-0.2, 0) is 16.1 Å². The van der Waals surface area contributed by atoms with Gasteiger partial charge in [-0.3, -0.25) is 4.79 Å². The van der Waals surface area contributed by atoms with E-state index in [1.807, 2.05) is 30.3 Å². The summed E-state index contributed by atoms with van der Waals surface area (Å²) >= 11 is 0. The van der Waals surface area contributed by atoms with Gasteiger partial charge in [0.1, 0.15) is 12.4 Å². The van der Waals surface area contributed by atoms with Crippen LogP contribution in [0.1, 0.15) is 38.7 Å². The van der Waals surface area contributed by atoms with E-state index in [4.69, 9.17) is 4.74 Å². The number of ether oxygens (including phenoxy) is 1. The highest BCUT2D eigenvalue weighted by Crippen LogP contribution is 2.33. The van der Waals surface area contributed by atoms with Gasteiger partial charge in [-0.1, -0.05) is 44.2 Å². The number of ketones is 1. The van der Waals surface area contributed by atoms with Crippen molar-refractivity contribution < 1.29 is 14.3 Å². The first kappa shape index (κ1) is 14.6. The van der Waals surface area contributed by atoms with Crippen molar-refractivity contribution in [3.8, 4) is 0 Å². The zero-order chi connectivity index (χ0) is 14.6. The second-order valence-corrected chi connectivity index (χ2v) is 5.99. The highest BCUT2D eigenvalue weighted by molar-refractivity contribution is 5.81. The van der Waals surface area contributed by atoms with Crippen LogP contribution in [-0.4, -0.2) is 17.9 Å². The van der Waals surface area contributed by atoms with E-state index in [9.17, 15) is 9.59 Å². The summed E-state index contributed by atoms with van der Waals surface area (Å²) in [5.41, 5.74) is 0.876. The largest absolute Gasteiger partial charge is 0.445 e. The average molecular weight is 275 g/mol. The molecule has 0 bridgehead atoms. The molecule has 1 saturated carbocycles. The maximum absolute atomic E-state index is 11.8. The maximum Gasteiger partial charge on any atom is 0.407 e. The van der Waals surface area contributed by atoms with Gasteiger partial charge in [-0.25, -0.2) is 4.79 Å². The molecule has 0 aliphatic heterocycles. The van der Waals surface area contributed by atoms with Crippen molar-refractivity contribution in [2.75, 3.05) is 0 Å². The Morgan fingerprint density at radius 1 is 1.35 bits per heavy atom. The monoisotopic (exact) mass is 275 g/mol. The first-order valence-corrected chi connectivity index (χ1v) is 6.96. The smallest absolute Gasteiger partial charge is 0.407 e. The molecule has 1 aromatic carbocycles. The van der Waals surface area contributed by atoms with Crippen molar-refractivity contribution in [3.63, 3.8) is 0 Å². The molecule has 4 heteroatoms. The molecule has 0 heterocycles. The molecule has 1 fully saturated rings. The third-order valence-corrected chi connectivity index (χ3v) is 3.93. The minimum Gasteiger partial charge on any atom is -0.445 e. The number of carbonyl (C=O) groups excluding carboxylic acids is 2. The second-order valence-electron chi connectivity index (χ2n) is 5.99. The van der Waals surface area contributed by atoms with E-state index in [1.165, 1.54) is 0 Å². The molecule has 1 N–H and O–H groups in total. The molecule has 108 valence electrons. The Balaban J connectivity index is 1.86. The molecule has 0 aromatic heterocycles. The molecule has 1 aromatic rings. The van der Waals surface area contributed by atoms with E-state index in [0.29, 0.717) is 12.8 Å². The lowest BCUT2D eigenvalue weighted by atomic mass is 9.73. The molecular weight excluding hydrogens is 254 g/mol. The number of amides is 1. The number of Topliss-reactive ketones (excluding diaryl/α,β-unsaturated/α-hetero) is 1. The van der Waals surface area contributed by atoms with Gasteiger partial charge in [-0.15, -0.1) is 0 Å². The Hall–Kier alpha value is -1.84. The fourth-order valence-corrected chi connectivity index (χ4v) is 2.40. The highest BCUT2D eigenvalue weighted by atomic mass is 16.5. The van der Waals surface area contributed by atoms with E-state index in [0.717, 1.165) is 12.0 Å². The molecule has 20 heavy (non-hydrogen) atoms. The van der Waals surface area contributed by atoms with Gasteiger partial charge in [0, 0.05) is 18.9 Å². The molecule has 0 spiro atoms. The third-order valence-electron chi connectivity index (χ3n) is 3.93. The number of alkyl carbamates (subject to hydrolysis) is 1. The fraction of sp³-hybridized carbons (Fsp3) is 0.500. The van der Waals surface area contributed by atoms with E-state index in [-0.39, 0.29) is 23.8 Å². The SMILES string of the molecule is CC1(C)CCC(=O)CC1NC(=O)OCc1ccccc1. The molecule has 2 rings (SSSR count). The van der Waals surface area contributed by atoms with Crippen LogP contribution in [0.5, 0.6) is 0 Å². The quantitative estimate of drug-likeness (QED) is 0.922. The van der Waals surface area contributed by atoms with E-state index < -0.39 is 6.09 Å². The molecule has 1 aliphatic rings. The summed E-state index contributed by atoms with van der Waals surface area (Å²) in [6.07, 6.45) is 1.34. The van der Waals surface area contributed by atoms with E-state index in [2.05, 4.69) is 19.2 Å². The molecule has 1 amide bonds. The van der Waals surface area contributed by atoms with Crippen molar-refractivity contribution in [1.82, 2.24) is 5.32 Å². The zero-order valence-corrected chi connectivity index (χ0v) is 12.0. The van der Waals surface area contributed by atoms with Gasteiger partial charge in [-0.05, 0) is 17.4 Å². The normalized spacial score (nSPS) is 21.3. The van der Waals surface area contributed by atoms with Crippen molar-refractivity contribution in [1.29, 1.82) is 0 Å². The summed E-state index contributed by atoms with van der Waals surface area (Å²) in [4.78, 5) is 23.4. The van der Waals surface area contributed by atoms with Gasteiger partial charge >= 0.3 is 6.09 Å². The van der Waals surface area contributed by atoms with Crippen LogP contribution in [0.25, 0.3) is 0 Å². The van der Waals surface area contributed by atoms with Crippen molar-refractivity contribution in [3.05, 3.63) is 35.9 Å². The molecule has 1 aliphatic carbocycles. The number of hydrogen-bond donors (Lipinski definition) is 1. The molecule has 0 radical (unpaired) electrons. The van der Waals surface area contributed by atoms with Crippen LogP contribution in [0.15, 0.2) is 30.3 Å². The molecule has 4 nitrogen and oxygen atoms in total. The van der Waals surface area contributed by atoms with Gasteiger partial charge < -0.3 is 10.1 Å². The number of rotatable bonds is 3. The molecule has 0 saturated heterocycles. The van der Waals surface area contributed by atoms with E-state index >= 15 is 0 Å². The van der Waals surface area contributed by atoms with Crippen molar-refractivity contribution in [2.24, 2.45) is 5.41 Å². The van der Waals surface area contributed by atoms with Gasteiger partial charge in [-0.2, -0.15) is 0 Å². The number of benzene rings is 1. The lowest BCUT2D eigenvalue weighted by molar-refractivity contribution is -0.123. The Morgan fingerprint density at radius 2 is 2.05 bits per heavy atom. The van der Waals surface area contributed by atoms with Gasteiger partial charge in [0.15, 0.2) is 0 Å². The minimum absolute atomic E-state index is 0.0698. The van der Waals surface area contributed by atoms with Gasteiger partial charge in [0.05, 0.1) is 0 Å². The Kier molecular flexibility index (Phi) is 4.42. The topological polar surface area (TPSA) is 55.4 Å². The van der Waals surface area contributed by atoms with Crippen molar-refractivity contribution >= 4 is 11.9 Å². The summed E-state index contributed by atoms with van der Waals surface area (Å²) in [5.74, 6) is 0.206.